The van der Waals surface area contributed by atoms with Crippen LogP contribution in [0.4, 0.5) is 0 Å². The number of morpholine rings is 1. The molecule has 0 aromatic rings. The van der Waals surface area contributed by atoms with Crippen LogP contribution in [0.25, 0.3) is 0 Å². The van der Waals surface area contributed by atoms with E-state index >= 15 is 0 Å². The summed E-state index contributed by atoms with van der Waals surface area (Å²) in [5.41, 5.74) is 0. The molecule has 0 radical (unpaired) electrons. The maximum atomic E-state index is 12.6. The third kappa shape index (κ3) is 4.41. The highest BCUT2D eigenvalue weighted by molar-refractivity contribution is 5.79. The predicted octanol–water partition coefficient (Wildman–Crippen LogP) is 0.942. The molecule has 0 unspecified atom stereocenters. The summed E-state index contributed by atoms with van der Waals surface area (Å²) in [6.07, 6.45) is 2.86. The molecule has 2 aliphatic heterocycles. The average Bonchev–Trinajstić information content (AvgIpc) is 2.85. The van der Waals surface area contributed by atoms with E-state index in [1.807, 2.05) is 14.0 Å². The Labute approximate surface area is 129 Å². The molecule has 5 heteroatoms. The lowest BCUT2D eigenvalue weighted by Gasteiger charge is -2.38. The van der Waals surface area contributed by atoms with Crippen LogP contribution >= 0.6 is 0 Å². The van der Waals surface area contributed by atoms with Crippen molar-refractivity contribution in [1.82, 2.24) is 15.1 Å². The number of rotatable bonds is 5. The Kier molecular flexibility index (Phi) is 6.02. The fraction of sp³-hybridized carbons (Fsp3) is 0.938. The number of likely N-dealkylation sites (tertiary alicyclic amines) is 1. The summed E-state index contributed by atoms with van der Waals surface area (Å²) in [7, 11) is 1.90. The Balaban J connectivity index is 1.91. The molecular formula is C16H31N3O2. The van der Waals surface area contributed by atoms with Crippen molar-refractivity contribution in [3.05, 3.63) is 0 Å². The lowest BCUT2D eigenvalue weighted by atomic mass is 10.1. The maximum absolute atomic E-state index is 12.6. The average molecular weight is 297 g/mol. The first kappa shape index (κ1) is 16.7. The van der Waals surface area contributed by atoms with Crippen LogP contribution in [0.2, 0.25) is 0 Å². The van der Waals surface area contributed by atoms with Crippen LogP contribution in [0, 0.1) is 5.92 Å². The molecule has 2 rings (SSSR count). The second kappa shape index (κ2) is 7.56. The van der Waals surface area contributed by atoms with Crippen LogP contribution in [-0.4, -0.2) is 73.7 Å². The van der Waals surface area contributed by atoms with Crippen LogP contribution < -0.4 is 5.32 Å². The van der Waals surface area contributed by atoms with E-state index in [1.165, 1.54) is 0 Å². The van der Waals surface area contributed by atoms with E-state index < -0.39 is 0 Å². The molecule has 2 saturated heterocycles. The molecule has 0 aliphatic carbocycles. The number of amides is 1. The minimum absolute atomic E-state index is 0.0677. The molecule has 1 amide bonds. The number of nitrogens with zero attached hydrogens (tertiary/aromatic N) is 2. The van der Waals surface area contributed by atoms with Gasteiger partial charge < -0.3 is 15.0 Å². The zero-order chi connectivity index (χ0) is 15.4. The highest BCUT2D eigenvalue weighted by atomic mass is 16.5. The molecule has 2 aliphatic rings. The number of hydrogen-bond donors (Lipinski definition) is 1. The smallest absolute Gasteiger partial charge is 0.226 e. The van der Waals surface area contributed by atoms with Gasteiger partial charge in [-0.3, -0.25) is 9.69 Å². The second-order valence-electron chi connectivity index (χ2n) is 6.76. The lowest BCUT2D eigenvalue weighted by molar-refractivity contribution is -0.136. The van der Waals surface area contributed by atoms with E-state index in [2.05, 4.69) is 29.0 Å². The summed E-state index contributed by atoms with van der Waals surface area (Å²) >= 11 is 0. The highest BCUT2D eigenvalue weighted by Crippen LogP contribution is 2.22. The van der Waals surface area contributed by atoms with Crippen LogP contribution in [0.5, 0.6) is 0 Å². The first-order valence-corrected chi connectivity index (χ1v) is 8.34. The van der Waals surface area contributed by atoms with Gasteiger partial charge in [0, 0.05) is 44.7 Å². The van der Waals surface area contributed by atoms with Gasteiger partial charge in [0.1, 0.15) is 0 Å². The van der Waals surface area contributed by atoms with Crippen LogP contribution in [0.15, 0.2) is 0 Å². The molecule has 4 atom stereocenters. The SMILES string of the molecule is CNC[C@H](C)C(=O)N1CCC[C@@H]1CN1C[C@@H](C)O[C@@H](C)C1. The van der Waals surface area contributed by atoms with Gasteiger partial charge in [-0.05, 0) is 33.7 Å². The monoisotopic (exact) mass is 297 g/mol. The van der Waals surface area contributed by atoms with Gasteiger partial charge in [-0.25, -0.2) is 0 Å². The van der Waals surface area contributed by atoms with Gasteiger partial charge >= 0.3 is 0 Å². The Bertz CT molecular complexity index is 340. The third-order valence-corrected chi connectivity index (χ3v) is 4.56. The Morgan fingerprint density at radius 2 is 2.00 bits per heavy atom. The molecule has 0 spiro atoms. The standard InChI is InChI=1S/C16H31N3O2/c1-12(8-17-4)16(20)19-7-5-6-15(19)11-18-9-13(2)21-14(3)10-18/h12-15,17H,5-11H2,1-4H3/t12-,13-,14+,15+/m0/s1. The Morgan fingerprint density at radius 1 is 1.33 bits per heavy atom. The van der Waals surface area contributed by atoms with Gasteiger partial charge in [0.2, 0.25) is 5.91 Å². The fourth-order valence-electron chi connectivity index (χ4n) is 3.72. The van der Waals surface area contributed by atoms with Crippen molar-refractivity contribution in [2.45, 2.75) is 51.9 Å². The summed E-state index contributed by atoms with van der Waals surface area (Å²) in [4.78, 5) is 17.1. The normalized spacial score (nSPS) is 32.4. The third-order valence-electron chi connectivity index (χ3n) is 4.56. The lowest BCUT2D eigenvalue weighted by Crippen LogP contribution is -2.51. The van der Waals surface area contributed by atoms with Crippen molar-refractivity contribution in [2.24, 2.45) is 5.92 Å². The van der Waals surface area contributed by atoms with Crippen molar-refractivity contribution in [1.29, 1.82) is 0 Å². The molecule has 1 N–H and O–H groups in total. The molecule has 122 valence electrons. The molecule has 0 saturated carbocycles. The molecule has 5 nitrogen and oxygen atoms in total. The minimum atomic E-state index is 0.0677. The van der Waals surface area contributed by atoms with Gasteiger partial charge in [0.15, 0.2) is 0 Å². The molecule has 2 heterocycles. The summed E-state index contributed by atoms with van der Waals surface area (Å²) in [5.74, 6) is 0.374. The second-order valence-corrected chi connectivity index (χ2v) is 6.76. The molecule has 0 bridgehead atoms. The summed E-state index contributed by atoms with van der Waals surface area (Å²) in [5, 5.41) is 3.11. The Hall–Kier alpha value is -0.650. The first-order valence-electron chi connectivity index (χ1n) is 8.34. The topological polar surface area (TPSA) is 44.8 Å². The first-order chi connectivity index (χ1) is 10.0. The van der Waals surface area contributed by atoms with Crippen molar-refractivity contribution < 1.29 is 9.53 Å². The van der Waals surface area contributed by atoms with Crippen molar-refractivity contribution in [3.8, 4) is 0 Å². The summed E-state index contributed by atoms with van der Waals surface area (Å²) < 4.78 is 5.79. The van der Waals surface area contributed by atoms with Crippen LogP contribution in [-0.2, 0) is 9.53 Å². The number of hydrogen-bond acceptors (Lipinski definition) is 4. The molecule has 0 aromatic heterocycles. The molecular weight excluding hydrogens is 266 g/mol. The van der Waals surface area contributed by atoms with E-state index in [0.29, 0.717) is 24.2 Å². The minimum Gasteiger partial charge on any atom is -0.373 e. The van der Waals surface area contributed by atoms with Crippen LogP contribution in [0.3, 0.4) is 0 Å². The van der Waals surface area contributed by atoms with Crippen LogP contribution in [0.1, 0.15) is 33.6 Å². The largest absolute Gasteiger partial charge is 0.373 e. The van der Waals surface area contributed by atoms with E-state index in [-0.39, 0.29) is 5.92 Å². The number of nitrogens with one attached hydrogen (secondary N) is 1. The zero-order valence-corrected chi connectivity index (χ0v) is 14.0. The van der Waals surface area contributed by atoms with Crippen molar-refractivity contribution >= 4 is 5.91 Å². The van der Waals surface area contributed by atoms with E-state index in [4.69, 9.17) is 4.74 Å². The fourth-order valence-corrected chi connectivity index (χ4v) is 3.72. The summed E-state index contributed by atoms with van der Waals surface area (Å²) in [6, 6.07) is 0.384. The molecule has 2 fully saturated rings. The summed E-state index contributed by atoms with van der Waals surface area (Å²) in [6.45, 7) is 10.9. The quantitative estimate of drug-likeness (QED) is 0.820. The number of ether oxygens (including phenoxy) is 1. The van der Waals surface area contributed by atoms with Gasteiger partial charge in [-0.2, -0.15) is 0 Å². The van der Waals surface area contributed by atoms with Crippen molar-refractivity contribution in [2.75, 3.05) is 39.8 Å². The molecule has 21 heavy (non-hydrogen) atoms. The van der Waals surface area contributed by atoms with Gasteiger partial charge in [-0.1, -0.05) is 6.92 Å². The highest BCUT2D eigenvalue weighted by Gasteiger charge is 2.33. The zero-order valence-electron chi connectivity index (χ0n) is 14.0. The molecule has 0 aromatic carbocycles. The van der Waals surface area contributed by atoms with Gasteiger partial charge in [0.05, 0.1) is 12.2 Å². The predicted molar refractivity (Wildman–Crippen MR) is 84.3 cm³/mol. The van der Waals surface area contributed by atoms with Gasteiger partial charge in [0.25, 0.3) is 0 Å². The van der Waals surface area contributed by atoms with E-state index in [9.17, 15) is 4.79 Å². The number of carbonyl (C=O) groups excluding carboxylic acids is 1. The van der Waals surface area contributed by atoms with Gasteiger partial charge in [-0.15, -0.1) is 0 Å². The maximum Gasteiger partial charge on any atom is 0.226 e. The van der Waals surface area contributed by atoms with E-state index in [1.54, 1.807) is 0 Å². The van der Waals surface area contributed by atoms with E-state index in [0.717, 1.165) is 45.6 Å². The Morgan fingerprint density at radius 3 is 2.62 bits per heavy atom. The number of carbonyl (C=O) groups is 1. The van der Waals surface area contributed by atoms with Crippen molar-refractivity contribution in [3.63, 3.8) is 0 Å².